The lowest BCUT2D eigenvalue weighted by Crippen LogP contribution is -2.44. The predicted octanol–water partition coefficient (Wildman–Crippen LogP) is 5.44. The molecule has 34 heavy (non-hydrogen) atoms. The maximum absolute atomic E-state index is 14.6. The van der Waals surface area contributed by atoms with Crippen LogP contribution in [-0.2, 0) is 16.6 Å². The summed E-state index contributed by atoms with van der Waals surface area (Å²) < 4.78 is 12.1. The van der Waals surface area contributed by atoms with Crippen molar-refractivity contribution in [3.8, 4) is 11.5 Å². The zero-order valence-electron chi connectivity index (χ0n) is 18.6. The Labute approximate surface area is 198 Å². The second-order valence-electron chi connectivity index (χ2n) is 9.16. The van der Waals surface area contributed by atoms with Crippen molar-refractivity contribution in [1.82, 2.24) is 0 Å². The van der Waals surface area contributed by atoms with E-state index in [4.69, 9.17) is 9.47 Å². The van der Waals surface area contributed by atoms with Crippen molar-refractivity contribution in [3.63, 3.8) is 0 Å². The predicted molar refractivity (Wildman–Crippen MR) is 131 cm³/mol. The third-order valence-electron chi connectivity index (χ3n) is 7.39. The number of fused-ring (bicyclic) bond motifs is 5. The number of carbonyl (C=O) groups excluding carboxylic acids is 1. The summed E-state index contributed by atoms with van der Waals surface area (Å²) in [6, 6.07) is 32.5. The Balaban J connectivity index is 1.46. The van der Waals surface area contributed by atoms with Crippen LogP contribution in [0.1, 0.15) is 33.9 Å². The molecular weight excluding hydrogens is 422 g/mol. The van der Waals surface area contributed by atoms with Crippen LogP contribution >= 0.6 is 0 Å². The molecule has 0 saturated carbocycles. The molecule has 0 aliphatic carbocycles. The topological polar surface area (TPSA) is 38.8 Å². The highest BCUT2D eigenvalue weighted by atomic mass is 16.5. The molecule has 1 amide bonds. The summed E-state index contributed by atoms with van der Waals surface area (Å²) in [5, 5.41) is 0. The minimum Gasteiger partial charge on any atom is -0.493 e. The molecule has 166 valence electrons. The first kappa shape index (κ1) is 19.4. The number of anilines is 1. The first-order chi connectivity index (χ1) is 16.8. The summed E-state index contributed by atoms with van der Waals surface area (Å²) in [6.07, 6.45) is 0.875. The van der Waals surface area contributed by atoms with Crippen molar-refractivity contribution in [2.24, 2.45) is 0 Å². The minimum absolute atomic E-state index is 0.0445. The van der Waals surface area contributed by atoms with Gasteiger partial charge in [-0.3, -0.25) is 9.69 Å². The van der Waals surface area contributed by atoms with Gasteiger partial charge in [-0.05, 0) is 34.9 Å². The van der Waals surface area contributed by atoms with Crippen molar-refractivity contribution in [3.05, 3.63) is 125 Å². The maximum atomic E-state index is 14.6. The van der Waals surface area contributed by atoms with Gasteiger partial charge < -0.3 is 9.47 Å². The average molecular weight is 446 g/mol. The Hall–Kier alpha value is -4.05. The highest BCUT2D eigenvalue weighted by Crippen LogP contribution is 2.56. The molecule has 3 heterocycles. The van der Waals surface area contributed by atoms with Crippen LogP contribution in [0.4, 0.5) is 5.69 Å². The summed E-state index contributed by atoms with van der Waals surface area (Å²) >= 11 is 0. The molecule has 4 aromatic rings. The number of nitrogens with zero attached hydrogens (tertiary/aromatic N) is 1. The van der Waals surface area contributed by atoms with Gasteiger partial charge in [0.05, 0.1) is 12.6 Å². The van der Waals surface area contributed by atoms with Crippen molar-refractivity contribution in [2.45, 2.75) is 17.9 Å². The quantitative estimate of drug-likeness (QED) is 0.422. The van der Waals surface area contributed by atoms with Crippen molar-refractivity contribution < 1.29 is 14.3 Å². The number of amides is 1. The fraction of sp³-hybridized carbons (Fsp3) is 0.167. The summed E-state index contributed by atoms with van der Waals surface area (Å²) in [7, 11) is 0. The second kappa shape index (κ2) is 7.22. The van der Waals surface area contributed by atoms with E-state index in [-0.39, 0.29) is 11.9 Å². The lowest BCUT2D eigenvalue weighted by atomic mass is 9.76. The number of benzene rings is 4. The van der Waals surface area contributed by atoms with E-state index in [1.807, 2.05) is 59.5 Å². The first-order valence-electron chi connectivity index (χ1n) is 11.7. The largest absolute Gasteiger partial charge is 0.493 e. The van der Waals surface area contributed by atoms with Gasteiger partial charge in [0.1, 0.15) is 23.5 Å². The Morgan fingerprint density at radius 1 is 0.735 bits per heavy atom. The standard InChI is InChI=1S/C30H23NO3/c32-29-30(19-34-27-17-22-15-16-33-26(22)18-24(27)30)23-13-7-8-14-25(23)31(29)28(20-9-3-1-4-10-20)21-11-5-2-6-12-21/h1-14,17-18,28H,15-16,19H2. The van der Waals surface area contributed by atoms with Crippen LogP contribution in [0.5, 0.6) is 11.5 Å². The SMILES string of the molecule is O=C1N(C(c2ccccc2)c2ccccc2)c2ccccc2C12COc1cc3c(cc12)OCC3. The Kier molecular flexibility index (Phi) is 4.13. The molecule has 3 aliphatic heterocycles. The van der Waals surface area contributed by atoms with Crippen LogP contribution in [0.2, 0.25) is 0 Å². The number of hydrogen-bond acceptors (Lipinski definition) is 3. The van der Waals surface area contributed by atoms with Crippen LogP contribution in [0.25, 0.3) is 0 Å². The number of rotatable bonds is 3. The van der Waals surface area contributed by atoms with Crippen molar-refractivity contribution in [2.75, 3.05) is 18.1 Å². The fourth-order valence-corrected chi connectivity index (χ4v) is 5.81. The van der Waals surface area contributed by atoms with E-state index in [0.29, 0.717) is 13.2 Å². The van der Waals surface area contributed by atoms with Gasteiger partial charge in [0.15, 0.2) is 0 Å². The third-order valence-corrected chi connectivity index (χ3v) is 7.39. The number of hydrogen-bond donors (Lipinski definition) is 0. The van der Waals surface area contributed by atoms with E-state index < -0.39 is 5.41 Å². The van der Waals surface area contributed by atoms with Crippen LogP contribution in [0.15, 0.2) is 97.1 Å². The maximum Gasteiger partial charge on any atom is 0.246 e. The number of ether oxygens (including phenoxy) is 2. The summed E-state index contributed by atoms with van der Waals surface area (Å²) in [5.41, 5.74) is 5.26. The Bertz CT molecular complexity index is 1380. The zero-order chi connectivity index (χ0) is 22.7. The lowest BCUT2D eigenvalue weighted by Gasteiger charge is -2.31. The molecule has 0 N–H and O–H groups in total. The van der Waals surface area contributed by atoms with Gasteiger partial charge in [0, 0.05) is 23.2 Å². The molecule has 3 aliphatic rings. The number of carbonyl (C=O) groups is 1. The van der Waals surface area contributed by atoms with Crippen LogP contribution < -0.4 is 14.4 Å². The van der Waals surface area contributed by atoms with Gasteiger partial charge in [0.25, 0.3) is 0 Å². The summed E-state index contributed by atoms with van der Waals surface area (Å²) in [5.74, 6) is 1.71. The van der Waals surface area contributed by atoms with E-state index in [2.05, 4.69) is 42.5 Å². The van der Waals surface area contributed by atoms with Gasteiger partial charge in [-0.2, -0.15) is 0 Å². The van der Waals surface area contributed by atoms with E-state index in [1.54, 1.807) is 0 Å². The first-order valence-corrected chi connectivity index (χ1v) is 11.7. The Morgan fingerprint density at radius 3 is 2.15 bits per heavy atom. The highest BCUT2D eigenvalue weighted by Gasteiger charge is 2.58. The van der Waals surface area contributed by atoms with Crippen LogP contribution in [0, 0.1) is 0 Å². The molecular formula is C30H23NO3. The third kappa shape index (κ3) is 2.57. The van der Waals surface area contributed by atoms with E-state index in [1.165, 1.54) is 0 Å². The molecule has 4 nitrogen and oxygen atoms in total. The molecule has 1 unspecified atom stereocenters. The fourth-order valence-electron chi connectivity index (χ4n) is 5.81. The summed E-state index contributed by atoms with van der Waals surface area (Å²) in [6.45, 7) is 0.972. The molecule has 0 aromatic heterocycles. The van der Waals surface area contributed by atoms with Gasteiger partial charge in [-0.15, -0.1) is 0 Å². The van der Waals surface area contributed by atoms with Crippen LogP contribution in [0.3, 0.4) is 0 Å². The monoisotopic (exact) mass is 445 g/mol. The molecule has 1 spiro atoms. The molecule has 1 atom stereocenters. The Morgan fingerprint density at radius 2 is 1.41 bits per heavy atom. The van der Waals surface area contributed by atoms with E-state index in [0.717, 1.165) is 51.4 Å². The second-order valence-corrected chi connectivity index (χ2v) is 9.16. The van der Waals surface area contributed by atoms with Gasteiger partial charge >= 0.3 is 0 Å². The molecule has 0 radical (unpaired) electrons. The van der Waals surface area contributed by atoms with Gasteiger partial charge in [-0.25, -0.2) is 0 Å². The van der Waals surface area contributed by atoms with Gasteiger partial charge in [0.2, 0.25) is 5.91 Å². The summed E-state index contributed by atoms with van der Waals surface area (Å²) in [4.78, 5) is 16.6. The van der Waals surface area contributed by atoms with E-state index >= 15 is 0 Å². The molecule has 0 saturated heterocycles. The average Bonchev–Trinajstić information content (AvgIpc) is 3.57. The smallest absolute Gasteiger partial charge is 0.246 e. The lowest BCUT2D eigenvalue weighted by molar-refractivity contribution is -0.122. The minimum atomic E-state index is -0.880. The van der Waals surface area contributed by atoms with Crippen molar-refractivity contribution >= 4 is 11.6 Å². The van der Waals surface area contributed by atoms with Crippen LogP contribution in [-0.4, -0.2) is 19.1 Å². The normalized spacial score (nSPS) is 19.7. The van der Waals surface area contributed by atoms with E-state index in [9.17, 15) is 4.79 Å². The number of para-hydroxylation sites is 1. The van der Waals surface area contributed by atoms with Crippen molar-refractivity contribution in [1.29, 1.82) is 0 Å². The van der Waals surface area contributed by atoms with Gasteiger partial charge in [-0.1, -0.05) is 78.9 Å². The molecule has 4 heteroatoms. The molecule has 0 fully saturated rings. The highest BCUT2D eigenvalue weighted by molar-refractivity contribution is 6.12. The molecule has 0 bridgehead atoms. The molecule has 4 aromatic carbocycles. The molecule has 7 rings (SSSR count). The zero-order valence-corrected chi connectivity index (χ0v) is 18.6.